The number of benzene rings is 1. The van der Waals surface area contributed by atoms with Crippen LogP contribution in [0.1, 0.15) is 30.4 Å². The van der Waals surface area contributed by atoms with Gasteiger partial charge in [0.1, 0.15) is 0 Å². The molecule has 2 fully saturated rings. The van der Waals surface area contributed by atoms with Gasteiger partial charge < -0.3 is 4.90 Å². The first-order chi connectivity index (χ1) is 14.6. The molecule has 2 aromatic rings. The predicted octanol–water partition coefficient (Wildman–Crippen LogP) is 3.17. The van der Waals surface area contributed by atoms with Gasteiger partial charge in [-0.2, -0.15) is 9.78 Å². The number of nitrogens with zero attached hydrogens (tertiary/aromatic N) is 4. The average molecular weight is 466 g/mol. The molecule has 1 amide bonds. The van der Waals surface area contributed by atoms with E-state index >= 15 is 0 Å². The molecule has 2 aliphatic heterocycles. The first-order valence-electron chi connectivity index (χ1n) is 10.4. The lowest BCUT2D eigenvalue weighted by Gasteiger charge is -2.39. The van der Waals surface area contributed by atoms with Gasteiger partial charge in [-0.25, -0.2) is 13.2 Å². The maximum atomic E-state index is 12.8. The van der Waals surface area contributed by atoms with E-state index < -0.39 is 10.0 Å². The highest BCUT2D eigenvalue weighted by atomic mass is 35.5. The zero-order valence-corrected chi connectivity index (χ0v) is 19.4. The van der Waals surface area contributed by atoms with E-state index in [4.69, 9.17) is 11.6 Å². The molecule has 1 aromatic carbocycles. The Hall–Kier alpha value is -2.10. The standard InChI is InChI=1S/C21H28ClN5O3S/c1-16-3-4-18(22)11-17(16)13-25-8-5-21(15-25)6-9-26(10-7-21)20(28)27-14-19(12-23-27)24-31(2,29)30/h3-4,11-12,14,24H,5-10,13,15H2,1-2H3. The molecule has 1 aromatic heterocycles. The maximum absolute atomic E-state index is 12.8. The molecule has 0 radical (unpaired) electrons. The summed E-state index contributed by atoms with van der Waals surface area (Å²) in [6.45, 7) is 6.47. The van der Waals surface area contributed by atoms with Crippen LogP contribution in [0.5, 0.6) is 0 Å². The lowest BCUT2D eigenvalue weighted by Crippen LogP contribution is -2.45. The average Bonchev–Trinajstić information content (AvgIpc) is 3.31. The summed E-state index contributed by atoms with van der Waals surface area (Å²) >= 11 is 6.18. The number of halogens is 1. The number of amides is 1. The number of aromatic nitrogens is 2. The van der Waals surface area contributed by atoms with Crippen molar-refractivity contribution in [3.63, 3.8) is 0 Å². The number of carbonyl (C=O) groups excluding carboxylic acids is 1. The van der Waals surface area contributed by atoms with Crippen molar-refractivity contribution in [3.05, 3.63) is 46.7 Å². The Kier molecular flexibility index (Phi) is 6.02. The van der Waals surface area contributed by atoms with Gasteiger partial charge in [-0.05, 0) is 61.4 Å². The van der Waals surface area contributed by atoms with E-state index in [2.05, 4.69) is 33.8 Å². The number of nitrogens with one attached hydrogen (secondary N) is 1. The molecule has 0 saturated carbocycles. The topological polar surface area (TPSA) is 87.5 Å². The Balaban J connectivity index is 1.33. The normalized spacial score (nSPS) is 19.1. The van der Waals surface area contributed by atoms with Crippen molar-refractivity contribution in [2.24, 2.45) is 5.41 Å². The fourth-order valence-corrected chi connectivity index (χ4v) is 5.36. The summed E-state index contributed by atoms with van der Waals surface area (Å²) < 4.78 is 26.2. The number of rotatable bonds is 4. The van der Waals surface area contributed by atoms with Gasteiger partial charge in [0.05, 0.1) is 24.3 Å². The van der Waals surface area contributed by atoms with Gasteiger partial charge >= 0.3 is 6.03 Å². The quantitative estimate of drug-likeness (QED) is 0.749. The first-order valence-corrected chi connectivity index (χ1v) is 12.7. The van der Waals surface area contributed by atoms with Gasteiger partial charge in [0, 0.05) is 31.2 Å². The second kappa shape index (κ2) is 8.44. The highest BCUT2D eigenvalue weighted by molar-refractivity contribution is 7.92. The number of aryl methyl sites for hydroxylation is 1. The van der Waals surface area contributed by atoms with Crippen LogP contribution in [0.3, 0.4) is 0 Å². The van der Waals surface area contributed by atoms with Crippen molar-refractivity contribution < 1.29 is 13.2 Å². The molecule has 1 spiro atoms. The van der Waals surface area contributed by atoms with Crippen molar-refractivity contribution in [1.29, 1.82) is 0 Å². The molecule has 3 heterocycles. The second-order valence-electron chi connectivity index (χ2n) is 8.85. The third kappa shape index (κ3) is 5.22. The molecule has 1 N–H and O–H groups in total. The Labute approximate surface area is 188 Å². The predicted molar refractivity (Wildman–Crippen MR) is 121 cm³/mol. The monoisotopic (exact) mass is 465 g/mol. The molecule has 31 heavy (non-hydrogen) atoms. The van der Waals surface area contributed by atoms with Crippen molar-refractivity contribution >= 4 is 33.3 Å². The Morgan fingerprint density at radius 1 is 1.23 bits per heavy atom. The zero-order chi connectivity index (χ0) is 22.2. The first kappa shape index (κ1) is 22.1. The molecule has 0 atom stereocenters. The summed E-state index contributed by atoms with van der Waals surface area (Å²) in [6.07, 6.45) is 6.88. The van der Waals surface area contributed by atoms with Crippen LogP contribution < -0.4 is 4.72 Å². The number of carbonyl (C=O) groups is 1. The van der Waals surface area contributed by atoms with Gasteiger partial charge in [0.15, 0.2) is 0 Å². The van der Waals surface area contributed by atoms with E-state index in [1.54, 1.807) is 4.90 Å². The number of anilines is 1. The van der Waals surface area contributed by atoms with Crippen LogP contribution in [-0.4, -0.2) is 66.5 Å². The van der Waals surface area contributed by atoms with Gasteiger partial charge in [-0.3, -0.25) is 9.62 Å². The van der Waals surface area contributed by atoms with E-state index in [0.717, 1.165) is 50.2 Å². The molecule has 0 unspecified atom stereocenters. The van der Waals surface area contributed by atoms with E-state index in [9.17, 15) is 13.2 Å². The summed E-state index contributed by atoms with van der Waals surface area (Å²) in [5, 5.41) is 4.79. The summed E-state index contributed by atoms with van der Waals surface area (Å²) in [7, 11) is -3.40. The summed E-state index contributed by atoms with van der Waals surface area (Å²) in [5.41, 5.74) is 3.06. The summed E-state index contributed by atoms with van der Waals surface area (Å²) in [5.74, 6) is 0. The van der Waals surface area contributed by atoms with Crippen LogP contribution in [-0.2, 0) is 16.6 Å². The lowest BCUT2D eigenvalue weighted by molar-refractivity contribution is 0.118. The molecule has 10 heteroatoms. The highest BCUT2D eigenvalue weighted by Crippen LogP contribution is 2.41. The van der Waals surface area contributed by atoms with Crippen LogP contribution in [0.2, 0.25) is 5.02 Å². The molecule has 8 nitrogen and oxygen atoms in total. The molecule has 168 valence electrons. The number of hydrogen-bond acceptors (Lipinski definition) is 5. The number of likely N-dealkylation sites (tertiary alicyclic amines) is 2. The summed E-state index contributed by atoms with van der Waals surface area (Å²) in [4.78, 5) is 17.1. The zero-order valence-electron chi connectivity index (χ0n) is 17.8. The lowest BCUT2D eigenvalue weighted by atomic mass is 9.78. The SMILES string of the molecule is Cc1ccc(Cl)cc1CN1CCC2(CCN(C(=O)n3cc(NS(C)(=O)=O)cn3)CC2)C1. The van der Waals surface area contributed by atoms with Gasteiger partial charge in [-0.1, -0.05) is 17.7 Å². The van der Waals surface area contributed by atoms with E-state index in [1.165, 1.54) is 28.2 Å². The third-order valence-electron chi connectivity index (χ3n) is 6.40. The van der Waals surface area contributed by atoms with Gasteiger partial charge in [0.2, 0.25) is 10.0 Å². The molecule has 0 bridgehead atoms. The van der Waals surface area contributed by atoms with Crippen molar-refractivity contribution in [1.82, 2.24) is 19.6 Å². The minimum Gasteiger partial charge on any atom is -0.323 e. The molecule has 4 rings (SSSR count). The highest BCUT2D eigenvalue weighted by Gasteiger charge is 2.41. The smallest absolute Gasteiger partial charge is 0.323 e. The fraction of sp³-hybridized carbons (Fsp3) is 0.524. The van der Waals surface area contributed by atoms with Gasteiger partial charge in [-0.15, -0.1) is 0 Å². The maximum Gasteiger partial charge on any atom is 0.344 e. The fourth-order valence-electron chi connectivity index (χ4n) is 4.63. The van der Waals surface area contributed by atoms with E-state index in [1.807, 2.05) is 6.07 Å². The van der Waals surface area contributed by atoms with Crippen molar-refractivity contribution in [2.45, 2.75) is 32.7 Å². The number of sulfonamides is 1. The molecule has 2 aliphatic rings. The van der Waals surface area contributed by atoms with Crippen LogP contribution in [0.15, 0.2) is 30.6 Å². The third-order valence-corrected chi connectivity index (χ3v) is 7.24. The Bertz CT molecular complexity index is 1080. The summed E-state index contributed by atoms with van der Waals surface area (Å²) in [6, 6.07) is 5.83. The number of hydrogen-bond donors (Lipinski definition) is 1. The largest absolute Gasteiger partial charge is 0.344 e. The van der Waals surface area contributed by atoms with Crippen molar-refractivity contribution in [2.75, 3.05) is 37.2 Å². The molecule has 0 aliphatic carbocycles. The van der Waals surface area contributed by atoms with E-state index in [-0.39, 0.29) is 17.1 Å². The molecular weight excluding hydrogens is 438 g/mol. The second-order valence-corrected chi connectivity index (χ2v) is 11.0. The minimum absolute atomic E-state index is 0.221. The van der Waals surface area contributed by atoms with Crippen LogP contribution >= 0.6 is 11.6 Å². The van der Waals surface area contributed by atoms with Crippen LogP contribution in [0, 0.1) is 12.3 Å². The van der Waals surface area contributed by atoms with Crippen molar-refractivity contribution in [3.8, 4) is 0 Å². The minimum atomic E-state index is -3.40. The van der Waals surface area contributed by atoms with E-state index in [0.29, 0.717) is 13.1 Å². The van der Waals surface area contributed by atoms with Crippen LogP contribution in [0.25, 0.3) is 0 Å². The molecular formula is C21H28ClN5O3S. The number of piperidine rings is 1. The Morgan fingerprint density at radius 2 is 1.94 bits per heavy atom. The Morgan fingerprint density at radius 3 is 2.65 bits per heavy atom. The van der Waals surface area contributed by atoms with Gasteiger partial charge in [0.25, 0.3) is 0 Å². The molecule has 2 saturated heterocycles. The van der Waals surface area contributed by atoms with Crippen LogP contribution in [0.4, 0.5) is 10.5 Å².